The topological polar surface area (TPSA) is 101 Å². The lowest BCUT2D eigenvalue weighted by molar-refractivity contribution is 0.318. The van der Waals surface area contributed by atoms with Crippen molar-refractivity contribution < 1.29 is 15.1 Å². The molecule has 1 heterocycles. The van der Waals surface area contributed by atoms with E-state index in [9.17, 15) is 10.3 Å². The lowest BCUT2D eigenvalue weighted by Crippen LogP contribution is -2.15. The van der Waals surface area contributed by atoms with Crippen LogP contribution >= 0.6 is 23.2 Å². The molecule has 6 nitrogen and oxygen atoms in total. The molecule has 0 radical (unpaired) electrons. The largest absolute Gasteiger partial charge is 0.508 e. The lowest BCUT2D eigenvalue weighted by atomic mass is 9.90. The lowest BCUT2D eigenvalue weighted by Gasteiger charge is -2.18. The van der Waals surface area contributed by atoms with Gasteiger partial charge in [-0.05, 0) is 41.5 Å². The number of hydrogen-bond donors (Lipinski definition) is 3. The maximum atomic E-state index is 9.60. The number of phenolic OH excluding ortho intramolecular Hbond substituents is 1. The predicted octanol–water partition coefficient (Wildman–Crippen LogP) is 4.53. The van der Waals surface area contributed by atoms with Gasteiger partial charge in [-0.3, -0.25) is 0 Å². The Morgan fingerprint density at radius 2 is 1.74 bits per heavy atom. The maximum Gasteiger partial charge on any atom is 0.221 e. The zero-order chi connectivity index (χ0) is 19.6. The minimum atomic E-state index is -0.130. The number of ether oxygens (including phenoxy) is 1. The van der Waals surface area contributed by atoms with Crippen LogP contribution in [0.3, 0.4) is 0 Å². The summed E-state index contributed by atoms with van der Waals surface area (Å²) in [6.45, 7) is 0. The molecule has 2 aromatic carbocycles. The monoisotopic (exact) mass is 403 g/mol. The van der Waals surface area contributed by atoms with E-state index in [0.29, 0.717) is 38.2 Å². The van der Waals surface area contributed by atoms with Crippen LogP contribution in [0.5, 0.6) is 11.6 Å². The average molecular weight is 404 g/mol. The van der Waals surface area contributed by atoms with E-state index in [4.69, 9.17) is 33.7 Å². The maximum absolute atomic E-state index is 9.60. The highest BCUT2D eigenvalue weighted by atomic mass is 35.5. The summed E-state index contributed by atoms with van der Waals surface area (Å²) in [7, 11) is 1.49. The number of rotatable bonds is 4. The van der Waals surface area contributed by atoms with Crippen LogP contribution in [0.2, 0.25) is 10.0 Å². The standard InChI is InChI=1S/C19H15Cl2N3O3/c1-27-19-16(8-12(21)9-23-19)17-14(10-2-4-13(25)5-3-10)6-11(20)7-15(17)18(22)24-26/h2-9,25-26H,1H3,(H2,22,24). The van der Waals surface area contributed by atoms with Crippen molar-refractivity contribution in [1.29, 1.82) is 0 Å². The Bertz CT molecular complexity index is 1020. The number of methoxy groups -OCH3 is 1. The van der Waals surface area contributed by atoms with Crippen LogP contribution in [0.25, 0.3) is 22.3 Å². The van der Waals surface area contributed by atoms with Crippen LogP contribution in [-0.2, 0) is 0 Å². The molecule has 0 atom stereocenters. The van der Waals surface area contributed by atoms with E-state index in [2.05, 4.69) is 10.1 Å². The van der Waals surface area contributed by atoms with Gasteiger partial charge in [0.2, 0.25) is 5.88 Å². The van der Waals surface area contributed by atoms with Crippen LogP contribution in [0.4, 0.5) is 0 Å². The van der Waals surface area contributed by atoms with Crippen molar-refractivity contribution in [3.63, 3.8) is 0 Å². The number of nitrogens with two attached hydrogens (primary N) is 1. The van der Waals surface area contributed by atoms with E-state index >= 15 is 0 Å². The predicted molar refractivity (Wildman–Crippen MR) is 106 cm³/mol. The molecule has 0 bridgehead atoms. The summed E-state index contributed by atoms with van der Waals surface area (Å²) in [6.07, 6.45) is 1.46. The second kappa shape index (κ2) is 7.73. The molecule has 0 amide bonds. The van der Waals surface area contributed by atoms with Crippen molar-refractivity contribution in [3.05, 3.63) is 64.3 Å². The van der Waals surface area contributed by atoms with Gasteiger partial charge >= 0.3 is 0 Å². The number of benzene rings is 2. The third kappa shape index (κ3) is 3.77. The summed E-state index contributed by atoms with van der Waals surface area (Å²) in [5.74, 6) is 0.310. The van der Waals surface area contributed by atoms with E-state index in [1.807, 2.05) is 0 Å². The highest BCUT2D eigenvalue weighted by Gasteiger charge is 2.21. The van der Waals surface area contributed by atoms with Crippen molar-refractivity contribution in [2.24, 2.45) is 10.9 Å². The van der Waals surface area contributed by atoms with Crippen molar-refractivity contribution in [2.45, 2.75) is 0 Å². The minimum absolute atomic E-state index is 0.126. The fourth-order valence-corrected chi connectivity index (χ4v) is 3.17. The Morgan fingerprint density at radius 1 is 1.07 bits per heavy atom. The number of amidine groups is 1. The second-order valence-electron chi connectivity index (χ2n) is 5.62. The van der Waals surface area contributed by atoms with Gasteiger partial charge in [0.1, 0.15) is 5.75 Å². The SMILES string of the molecule is COc1ncc(Cl)cc1-c1c(/C(N)=N/O)cc(Cl)cc1-c1ccc(O)cc1. The molecule has 8 heteroatoms. The molecule has 0 spiro atoms. The van der Waals surface area contributed by atoms with Gasteiger partial charge in [-0.15, -0.1) is 0 Å². The molecule has 0 saturated heterocycles. The summed E-state index contributed by atoms with van der Waals surface area (Å²) >= 11 is 12.4. The zero-order valence-electron chi connectivity index (χ0n) is 14.1. The van der Waals surface area contributed by atoms with E-state index in [1.54, 1.807) is 42.5 Å². The first-order valence-corrected chi connectivity index (χ1v) is 8.51. The van der Waals surface area contributed by atoms with Gasteiger partial charge in [0, 0.05) is 27.9 Å². The first-order valence-electron chi connectivity index (χ1n) is 7.75. The van der Waals surface area contributed by atoms with Gasteiger partial charge in [-0.1, -0.05) is 40.5 Å². The smallest absolute Gasteiger partial charge is 0.221 e. The van der Waals surface area contributed by atoms with Crippen LogP contribution < -0.4 is 10.5 Å². The number of pyridine rings is 1. The Labute approximate surface area is 165 Å². The molecule has 138 valence electrons. The molecule has 27 heavy (non-hydrogen) atoms. The first-order chi connectivity index (χ1) is 12.9. The molecule has 3 rings (SSSR count). The highest BCUT2D eigenvalue weighted by molar-refractivity contribution is 6.32. The van der Waals surface area contributed by atoms with Gasteiger partial charge in [-0.25, -0.2) is 4.98 Å². The summed E-state index contributed by atoms with van der Waals surface area (Å²) in [4.78, 5) is 4.20. The number of aromatic hydroxyl groups is 1. The van der Waals surface area contributed by atoms with Gasteiger partial charge in [0.25, 0.3) is 0 Å². The number of phenols is 1. The van der Waals surface area contributed by atoms with Gasteiger partial charge in [0.15, 0.2) is 5.84 Å². The number of oxime groups is 1. The third-order valence-corrected chi connectivity index (χ3v) is 4.37. The molecule has 0 fully saturated rings. The molecule has 0 saturated carbocycles. The van der Waals surface area contributed by atoms with Crippen LogP contribution in [-0.4, -0.2) is 28.2 Å². The number of nitrogens with zero attached hydrogens (tertiary/aromatic N) is 2. The molecule has 0 unspecified atom stereocenters. The first kappa shape index (κ1) is 18.8. The fraction of sp³-hybridized carbons (Fsp3) is 0.0526. The summed E-state index contributed by atoms with van der Waals surface area (Å²) in [5, 5.41) is 22.7. The molecule has 3 aromatic rings. The zero-order valence-corrected chi connectivity index (χ0v) is 15.7. The van der Waals surface area contributed by atoms with Crippen molar-refractivity contribution in [1.82, 2.24) is 4.98 Å². The van der Waals surface area contributed by atoms with Gasteiger partial charge in [0.05, 0.1) is 12.1 Å². The molecule has 0 aliphatic carbocycles. The van der Waals surface area contributed by atoms with Crippen LogP contribution in [0, 0.1) is 0 Å². The second-order valence-corrected chi connectivity index (χ2v) is 6.49. The summed E-state index contributed by atoms with van der Waals surface area (Å²) < 4.78 is 5.38. The number of hydrogen-bond acceptors (Lipinski definition) is 5. The van der Waals surface area contributed by atoms with Crippen molar-refractivity contribution >= 4 is 29.0 Å². The Morgan fingerprint density at radius 3 is 2.37 bits per heavy atom. The van der Waals surface area contributed by atoms with Crippen molar-refractivity contribution in [2.75, 3.05) is 7.11 Å². The average Bonchev–Trinajstić information content (AvgIpc) is 2.67. The summed E-state index contributed by atoms with van der Waals surface area (Å²) in [5.41, 5.74) is 8.84. The highest BCUT2D eigenvalue weighted by Crippen LogP contribution is 2.41. The van der Waals surface area contributed by atoms with E-state index in [1.165, 1.54) is 13.3 Å². The van der Waals surface area contributed by atoms with E-state index in [0.717, 1.165) is 5.56 Å². The molecular weight excluding hydrogens is 389 g/mol. The number of aromatic nitrogens is 1. The fourth-order valence-electron chi connectivity index (χ4n) is 2.79. The number of halogens is 2. The van der Waals surface area contributed by atoms with Crippen LogP contribution in [0.15, 0.2) is 53.8 Å². The molecule has 0 aliphatic heterocycles. The summed E-state index contributed by atoms with van der Waals surface area (Å²) in [6, 6.07) is 11.5. The van der Waals surface area contributed by atoms with E-state index in [-0.39, 0.29) is 11.6 Å². The third-order valence-electron chi connectivity index (χ3n) is 3.95. The Kier molecular flexibility index (Phi) is 5.39. The Balaban J connectivity index is 2.43. The molecular formula is C19H15Cl2N3O3. The van der Waals surface area contributed by atoms with Gasteiger partial charge in [-0.2, -0.15) is 0 Å². The van der Waals surface area contributed by atoms with E-state index < -0.39 is 0 Å². The minimum Gasteiger partial charge on any atom is -0.508 e. The normalized spacial score (nSPS) is 11.4. The molecule has 1 aromatic heterocycles. The Hall–Kier alpha value is -2.96. The van der Waals surface area contributed by atoms with Gasteiger partial charge < -0.3 is 20.8 Å². The molecule has 4 N–H and O–H groups in total. The van der Waals surface area contributed by atoms with Crippen molar-refractivity contribution in [3.8, 4) is 33.9 Å². The van der Waals surface area contributed by atoms with Crippen LogP contribution in [0.1, 0.15) is 5.56 Å². The molecule has 0 aliphatic rings. The quantitative estimate of drug-likeness (QED) is 0.257.